The Morgan fingerprint density at radius 3 is 2.62 bits per heavy atom. The van der Waals surface area contributed by atoms with Gasteiger partial charge in [0.1, 0.15) is 5.82 Å². The Hall–Kier alpha value is -1.42. The zero-order valence-electron chi connectivity index (χ0n) is 14.7. The Morgan fingerprint density at radius 1 is 1.29 bits per heavy atom. The summed E-state index contributed by atoms with van der Waals surface area (Å²) in [5, 5.41) is 3.21. The molecule has 1 heterocycles. The maximum atomic E-state index is 13.7. The highest BCUT2D eigenvalue weighted by Crippen LogP contribution is 2.43. The van der Waals surface area contributed by atoms with E-state index in [1.165, 1.54) is 12.5 Å². The van der Waals surface area contributed by atoms with E-state index in [1.54, 1.807) is 12.1 Å². The lowest BCUT2D eigenvalue weighted by molar-refractivity contribution is -0.138. The fraction of sp³-hybridized carbons (Fsp3) is 0.650. The van der Waals surface area contributed by atoms with Crippen molar-refractivity contribution >= 4 is 5.91 Å². The van der Waals surface area contributed by atoms with Crippen LogP contribution in [0, 0.1) is 11.7 Å². The van der Waals surface area contributed by atoms with Crippen LogP contribution < -0.4 is 5.32 Å². The molecule has 1 saturated heterocycles. The number of halogens is 1. The molecule has 1 N–H and O–H groups in total. The monoisotopic (exact) mass is 332 g/mol. The molecule has 2 aliphatic rings. The van der Waals surface area contributed by atoms with Crippen molar-refractivity contribution in [2.24, 2.45) is 5.92 Å². The number of likely N-dealkylation sites (tertiary alicyclic amines) is 1. The molecule has 0 spiro atoms. The minimum atomic E-state index is -0.486. The highest BCUT2D eigenvalue weighted by atomic mass is 19.1. The van der Waals surface area contributed by atoms with Crippen molar-refractivity contribution < 1.29 is 9.18 Å². The van der Waals surface area contributed by atoms with Gasteiger partial charge in [0, 0.05) is 13.1 Å². The van der Waals surface area contributed by atoms with Crippen LogP contribution in [-0.4, -0.2) is 37.5 Å². The third-order valence-electron chi connectivity index (χ3n) is 5.95. The van der Waals surface area contributed by atoms with Gasteiger partial charge < -0.3 is 10.2 Å². The zero-order valence-corrected chi connectivity index (χ0v) is 14.7. The first-order chi connectivity index (χ1) is 11.7. The molecule has 1 saturated carbocycles. The van der Waals surface area contributed by atoms with E-state index in [0.717, 1.165) is 69.6 Å². The molecule has 2 fully saturated rings. The average molecular weight is 332 g/mol. The molecule has 4 heteroatoms. The van der Waals surface area contributed by atoms with Gasteiger partial charge in [-0.05, 0) is 69.3 Å². The molecule has 0 atom stereocenters. The molecule has 1 amide bonds. The molecular weight excluding hydrogens is 303 g/mol. The lowest BCUT2D eigenvalue weighted by atomic mass is 9.77. The van der Waals surface area contributed by atoms with Crippen LogP contribution >= 0.6 is 0 Å². The molecule has 24 heavy (non-hydrogen) atoms. The van der Waals surface area contributed by atoms with Crippen LogP contribution in [0.1, 0.15) is 50.5 Å². The fourth-order valence-corrected chi connectivity index (χ4v) is 4.47. The molecule has 0 bridgehead atoms. The van der Waals surface area contributed by atoms with Crippen LogP contribution in [-0.2, 0) is 10.2 Å². The predicted molar refractivity (Wildman–Crippen MR) is 94.4 cm³/mol. The number of benzene rings is 1. The molecule has 0 radical (unpaired) electrons. The summed E-state index contributed by atoms with van der Waals surface area (Å²) in [6.45, 7) is 2.75. The number of hydrogen-bond donors (Lipinski definition) is 1. The number of hydrogen-bond acceptors (Lipinski definition) is 2. The van der Waals surface area contributed by atoms with Gasteiger partial charge in [-0.15, -0.1) is 0 Å². The van der Waals surface area contributed by atoms with Crippen LogP contribution in [0.4, 0.5) is 4.39 Å². The quantitative estimate of drug-likeness (QED) is 0.895. The number of amides is 1. The fourth-order valence-electron chi connectivity index (χ4n) is 4.47. The van der Waals surface area contributed by atoms with Crippen molar-refractivity contribution in [3.05, 3.63) is 35.6 Å². The van der Waals surface area contributed by atoms with E-state index in [9.17, 15) is 9.18 Å². The number of carbonyl (C=O) groups excluding carboxylic acids is 1. The van der Waals surface area contributed by atoms with Crippen molar-refractivity contribution in [2.75, 3.05) is 26.7 Å². The SMILES string of the molecule is CNCCC1CCN(C(=O)C2(c3cccc(F)c3)CCCC2)CC1. The second-order valence-electron chi connectivity index (χ2n) is 7.43. The number of nitrogens with zero attached hydrogens (tertiary/aromatic N) is 1. The summed E-state index contributed by atoms with van der Waals surface area (Å²) in [5.41, 5.74) is 0.391. The first-order valence-electron chi connectivity index (χ1n) is 9.36. The molecule has 1 aromatic rings. The van der Waals surface area contributed by atoms with Gasteiger partial charge >= 0.3 is 0 Å². The Kier molecular flexibility index (Phi) is 5.54. The predicted octanol–water partition coefficient (Wildman–Crippen LogP) is 3.49. The summed E-state index contributed by atoms with van der Waals surface area (Å²) in [5.74, 6) is 0.713. The largest absolute Gasteiger partial charge is 0.342 e. The van der Waals surface area contributed by atoms with E-state index in [4.69, 9.17) is 0 Å². The molecule has 3 nitrogen and oxygen atoms in total. The van der Waals surface area contributed by atoms with Crippen molar-refractivity contribution in [1.82, 2.24) is 10.2 Å². The molecule has 1 aliphatic heterocycles. The summed E-state index contributed by atoms with van der Waals surface area (Å²) in [7, 11) is 1.99. The van der Waals surface area contributed by atoms with Crippen molar-refractivity contribution in [3.8, 4) is 0 Å². The molecular formula is C20H29FN2O. The van der Waals surface area contributed by atoms with Gasteiger partial charge in [0.25, 0.3) is 0 Å². The van der Waals surface area contributed by atoms with E-state index >= 15 is 0 Å². The number of nitrogens with one attached hydrogen (secondary N) is 1. The highest BCUT2D eigenvalue weighted by Gasteiger charge is 2.45. The molecule has 132 valence electrons. The molecule has 1 aromatic carbocycles. The number of piperidine rings is 1. The lowest BCUT2D eigenvalue weighted by Gasteiger charge is -2.39. The second kappa shape index (κ2) is 7.64. The summed E-state index contributed by atoms with van der Waals surface area (Å²) in [6.07, 6.45) is 7.19. The molecule has 3 rings (SSSR count). The third-order valence-corrected chi connectivity index (χ3v) is 5.95. The Labute approximate surface area is 144 Å². The maximum Gasteiger partial charge on any atom is 0.233 e. The Bertz CT molecular complexity index is 561. The summed E-state index contributed by atoms with van der Waals surface area (Å²) in [4.78, 5) is 15.4. The minimum absolute atomic E-state index is 0.234. The van der Waals surface area contributed by atoms with E-state index < -0.39 is 5.41 Å². The van der Waals surface area contributed by atoms with Crippen LogP contribution in [0.5, 0.6) is 0 Å². The minimum Gasteiger partial charge on any atom is -0.342 e. The molecule has 0 aromatic heterocycles. The van der Waals surface area contributed by atoms with Crippen LogP contribution in [0.2, 0.25) is 0 Å². The summed E-state index contributed by atoms with van der Waals surface area (Å²) in [6, 6.07) is 6.71. The van der Waals surface area contributed by atoms with Crippen molar-refractivity contribution in [2.45, 2.75) is 50.4 Å². The number of carbonyl (C=O) groups is 1. The molecule has 1 aliphatic carbocycles. The third kappa shape index (κ3) is 3.49. The Balaban J connectivity index is 1.72. The average Bonchev–Trinajstić information content (AvgIpc) is 3.11. The second-order valence-corrected chi connectivity index (χ2v) is 7.43. The smallest absolute Gasteiger partial charge is 0.233 e. The van der Waals surface area contributed by atoms with Gasteiger partial charge in [-0.1, -0.05) is 25.0 Å². The van der Waals surface area contributed by atoms with Gasteiger partial charge in [0.15, 0.2) is 0 Å². The van der Waals surface area contributed by atoms with Gasteiger partial charge in [-0.2, -0.15) is 0 Å². The van der Waals surface area contributed by atoms with E-state index in [-0.39, 0.29) is 11.7 Å². The van der Waals surface area contributed by atoms with Crippen LogP contribution in [0.3, 0.4) is 0 Å². The van der Waals surface area contributed by atoms with Crippen LogP contribution in [0.25, 0.3) is 0 Å². The Morgan fingerprint density at radius 2 is 2.00 bits per heavy atom. The zero-order chi connectivity index (χ0) is 17.0. The van der Waals surface area contributed by atoms with E-state index in [1.807, 2.05) is 18.0 Å². The molecule has 0 unspecified atom stereocenters. The highest BCUT2D eigenvalue weighted by molar-refractivity contribution is 5.88. The lowest BCUT2D eigenvalue weighted by Crippen LogP contribution is -2.48. The van der Waals surface area contributed by atoms with E-state index in [0.29, 0.717) is 0 Å². The summed E-state index contributed by atoms with van der Waals surface area (Å²) >= 11 is 0. The first kappa shape index (κ1) is 17.4. The first-order valence-corrected chi connectivity index (χ1v) is 9.36. The summed E-state index contributed by atoms with van der Waals surface area (Å²) < 4.78 is 13.7. The normalized spacial score (nSPS) is 21.2. The van der Waals surface area contributed by atoms with Crippen LogP contribution in [0.15, 0.2) is 24.3 Å². The van der Waals surface area contributed by atoms with Crippen molar-refractivity contribution in [3.63, 3.8) is 0 Å². The topological polar surface area (TPSA) is 32.3 Å². The van der Waals surface area contributed by atoms with Gasteiger partial charge in [-0.3, -0.25) is 4.79 Å². The van der Waals surface area contributed by atoms with Gasteiger partial charge in [0.2, 0.25) is 5.91 Å². The van der Waals surface area contributed by atoms with E-state index in [2.05, 4.69) is 5.32 Å². The van der Waals surface area contributed by atoms with Crippen molar-refractivity contribution in [1.29, 1.82) is 0 Å². The number of rotatable bonds is 5. The van der Waals surface area contributed by atoms with Gasteiger partial charge in [0.05, 0.1) is 5.41 Å². The standard InChI is InChI=1S/C20H29FN2O/c1-22-12-7-16-8-13-23(14-9-16)19(24)20(10-2-3-11-20)17-5-4-6-18(21)15-17/h4-6,15-16,22H,2-3,7-14H2,1H3. The van der Waals surface area contributed by atoms with Gasteiger partial charge in [-0.25, -0.2) is 4.39 Å². The maximum absolute atomic E-state index is 13.7.